The van der Waals surface area contributed by atoms with Crippen molar-refractivity contribution in [2.45, 2.75) is 78.6 Å². The molecule has 0 aliphatic carbocycles. The van der Waals surface area contributed by atoms with Gasteiger partial charge in [0, 0.05) is 65.3 Å². The van der Waals surface area contributed by atoms with E-state index in [1.165, 1.54) is 0 Å². The van der Waals surface area contributed by atoms with Crippen LogP contribution < -0.4 is 39.7 Å². The summed E-state index contributed by atoms with van der Waals surface area (Å²) in [5, 5.41) is 2.55. The zero-order valence-corrected chi connectivity index (χ0v) is 63.4. The van der Waals surface area contributed by atoms with Crippen LogP contribution in [0.1, 0.15) is 44.5 Å². The molecule has 0 atom stereocenters. The van der Waals surface area contributed by atoms with Gasteiger partial charge in [0.05, 0.1) is 28.4 Å². The first-order chi connectivity index (χ1) is 43.6. The lowest BCUT2D eigenvalue weighted by Gasteiger charge is -2.53. The molecule has 472 valence electrons. The Morgan fingerprint density at radius 2 is 0.348 bits per heavy atom. The average Bonchev–Trinajstić information content (AvgIpc) is 0.710. The van der Waals surface area contributed by atoms with Gasteiger partial charge in [-0.15, -0.1) is 0 Å². The average molecular weight is 1360 g/mol. The zero-order chi connectivity index (χ0) is 66.0. The molecule has 0 amide bonds. The SMILES string of the molecule is COc1ccc(C#Cc2ccc([Si]3(O[Si](C)(C)C)O[Si](O[Si](C)(C)C)(c4ccc(C#Cc5ccc(OC)cc5)cc4)O[Si](O[Si](C)(C)C)(c4ccc(C#Cc5ccc(OC)cc5)cc4)O[Si](O[Si](C)(C)C)(c4ccc(C#Cc5ccc(OC)cc5)cc4)O3)cc2)cc1. The molecule has 0 N–H and O–H groups in total. The summed E-state index contributed by atoms with van der Waals surface area (Å²) in [6, 6.07) is 62.5. The second-order valence-electron chi connectivity index (χ2n) is 25.7. The molecule has 8 aromatic carbocycles. The van der Waals surface area contributed by atoms with Crippen molar-refractivity contribution in [1.29, 1.82) is 0 Å². The summed E-state index contributed by atoms with van der Waals surface area (Å²) >= 11 is 0. The Balaban J connectivity index is 1.34. The maximum absolute atomic E-state index is 8.37. The number of rotatable bonds is 16. The quantitative estimate of drug-likeness (QED) is 0.0678. The molecule has 0 unspecified atom stereocenters. The van der Waals surface area contributed by atoms with Crippen molar-refractivity contribution in [2.75, 3.05) is 28.4 Å². The Labute approximate surface area is 553 Å². The van der Waals surface area contributed by atoms with Crippen LogP contribution in [0.25, 0.3) is 0 Å². The molecule has 1 fully saturated rings. The van der Waals surface area contributed by atoms with Crippen molar-refractivity contribution in [3.63, 3.8) is 0 Å². The molecular weight excluding hydrogens is 1280 g/mol. The fraction of sp³-hybridized carbons (Fsp3) is 0.222. The molecular formula is C72H80O12Si8. The van der Waals surface area contributed by atoms with E-state index in [2.05, 4.69) is 126 Å². The van der Waals surface area contributed by atoms with Gasteiger partial charge in [-0.1, -0.05) is 95.9 Å². The maximum atomic E-state index is 8.37. The van der Waals surface area contributed by atoms with Crippen LogP contribution in [0.4, 0.5) is 0 Å². The van der Waals surface area contributed by atoms with Gasteiger partial charge in [0.1, 0.15) is 23.0 Å². The second kappa shape index (κ2) is 28.9. The summed E-state index contributed by atoms with van der Waals surface area (Å²) in [6.07, 6.45) is 0. The predicted molar refractivity (Wildman–Crippen MR) is 385 cm³/mol. The molecule has 0 bridgehead atoms. The van der Waals surface area contributed by atoms with Crippen molar-refractivity contribution >= 4 is 89.2 Å². The highest BCUT2D eigenvalue weighted by atomic mass is 28.6. The van der Waals surface area contributed by atoms with Crippen LogP contribution in [0.5, 0.6) is 23.0 Å². The number of benzene rings is 8. The Hall–Kier alpha value is -7.38. The minimum absolute atomic E-state index is 0.637. The lowest BCUT2D eigenvalue weighted by atomic mass is 10.2. The summed E-state index contributed by atoms with van der Waals surface area (Å²) in [5.74, 6) is 29.9. The van der Waals surface area contributed by atoms with E-state index < -0.39 is 68.5 Å². The summed E-state index contributed by atoms with van der Waals surface area (Å²) in [6.45, 7) is 25.6. The highest BCUT2D eigenvalue weighted by molar-refractivity contribution is 7.06. The van der Waals surface area contributed by atoms with Gasteiger partial charge in [0.25, 0.3) is 0 Å². The third-order valence-electron chi connectivity index (χ3n) is 13.6. The van der Waals surface area contributed by atoms with Crippen LogP contribution >= 0.6 is 0 Å². The van der Waals surface area contributed by atoms with Crippen molar-refractivity contribution in [1.82, 2.24) is 0 Å². The van der Waals surface area contributed by atoms with Gasteiger partial charge in [0.15, 0.2) is 33.3 Å². The summed E-state index contributed by atoms with van der Waals surface area (Å²) < 4.78 is 86.6. The molecule has 1 aliphatic rings. The minimum atomic E-state index is -4.63. The van der Waals surface area contributed by atoms with E-state index in [0.717, 1.165) is 67.5 Å². The summed E-state index contributed by atoms with van der Waals surface area (Å²) in [5.41, 5.74) is 6.37. The first-order valence-corrected chi connectivity index (χ1v) is 50.8. The molecule has 0 aromatic heterocycles. The summed E-state index contributed by atoms with van der Waals surface area (Å²) in [7, 11) is -23.2. The lowest BCUT2D eigenvalue weighted by molar-refractivity contribution is 0.104. The first-order valence-electron chi connectivity index (χ1n) is 30.3. The zero-order valence-electron chi connectivity index (χ0n) is 55.4. The van der Waals surface area contributed by atoms with Crippen LogP contribution in [0.3, 0.4) is 0 Å². The van der Waals surface area contributed by atoms with E-state index in [1.807, 2.05) is 194 Å². The molecule has 1 heterocycles. The van der Waals surface area contributed by atoms with Crippen molar-refractivity contribution in [3.8, 4) is 70.4 Å². The van der Waals surface area contributed by atoms with Gasteiger partial charge in [-0.05, 0) is 224 Å². The van der Waals surface area contributed by atoms with E-state index in [9.17, 15) is 0 Å². The molecule has 12 nitrogen and oxygen atoms in total. The Kier molecular flexibility index (Phi) is 21.6. The Bertz CT molecular complexity index is 3530. The van der Waals surface area contributed by atoms with Gasteiger partial charge in [0.2, 0.25) is 0 Å². The van der Waals surface area contributed by atoms with Crippen LogP contribution in [0.15, 0.2) is 194 Å². The number of ether oxygens (including phenoxy) is 4. The Morgan fingerprint density at radius 3 is 0.467 bits per heavy atom. The lowest BCUT2D eigenvalue weighted by Crippen LogP contribution is -2.84. The van der Waals surface area contributed by atoms with E-state index >= 15 is 0 Å². The van der Waals surface area contributed by atoms with Crippen molar-refractivity contribution < 1.29 is 51.9 Å². The normalized spacial score (nSPS) is 19.1. The fourth-order valence-corrected chi connectivity index (χ4v) is 42.6. The largest absolute Gasteiger partial charge is 0.512 e. The molecule has 92 heavy (non-hydrogen) atoms. The van der Waals surface area contributed by atoms with Crippen LogP contribution in [0.2, 0.25) is 78.6 Å². The van der Waals surface area contributed by atoms with Gasteiger partial charge in [-0.25, -0.2) is 0 Å². The second-order valence-corrected chi connectivity index (χ2v) is 55.9. The first kappa shape index (κ1) is 69.0. The van der Waals surface area contributed by atoms with E-state index in [4.69, 9.17) is 51.9 Å². The van der Waals surface area contributed by atoms with E-state index in [1.54, 1.807) is 28.4 Å². The monoisotopic (exact) mass is 1360 g/mol. The predicted octanol–water partition coefficient (Wildman–Crippen LogP) is 12.5. The van der Waals surface area contributed by atoms with Crippen molar-refractivity contribution in [3.05, 3.63) is 239 Å². The molecule has 1 saturated heterocycles. The van der Waals surface area contributed by atoms with E-state index in [-0.39, 0.29) is 0 Å². The number of hydrogen-bond acceptors (Lipinski definition) is 12. The third-order valence-corrected chi connectivity index (χ3v) is 40.4. The molecule has 9 rings (SSSR count). The van der Waals surface area contributed by atoms with Gasteiger partial charge >= 0.3 is 35.2 Å². The van der Waals surface area contributed by atoms with Crippen LogP contribution in [0, 0.1) is 47.4 Å². The van der Waals surface area contributed by atoms with Crippen LogP contribution in [-0.2, 0) is 32.9 Å². The van der Waals surface area contributed by atoms with Gasteiger partial charge in [-0.3, -0.25) is 0 Å². The van der Waals surface area contributed by atoms with Gasteiger partial charge < -0.3 is 51.9 Å². The number of methoxy groups -OCH3 is 4. The molecule has 20 heteroatoms. The highest BCUT2D eigenvalue weighted by Crippen LogP contribution is 2.39. The molecule has 0 saturated carbocycles. The third kappa shape index (κ3) is 18.5. The van der Waals surface area contributed by atoms with Crippen LogP contribution in [-0.4, -0.2) is 96.9 Å². The Morgan fingerprint density at radius 1 is 0.217 bits per heavy atom. The standard InChI is InChI=1S/C72H80O12Si8/c1-73-65-41-25-57(26-42-65)17-21-61-33-49-69(50-34-61)89(77-85(5,6)7)81-90(78-86(8,9)10,70-51-35-62(36-52-70)22-18-58-27-43-66(74-2)44-28-58)83-92(80-88(14,15)16,72-55-39-64(40-56-72)24-20-60-31-47-68(76-4)48-32-60)84-91(82-89,79-87(11,12)13)71-53-37-63(38-54-71)23-19-59-29-45-67(75-3)46-30-59/h25-56H,1-16H3. The minimum Gasteiger partial charge on any atom is -0.497 e. The molecule has 8 aromatic rings. The molecule has 1 aliphatic heterocycles. The molecule has 0 radical (unpaired) electrons. The molecule has 0 spiro atoms. The maximum Gasteiger partial charge on any atom is 0.512 e. The smallest absolute Gasteiger partial charge is 0.497 e. The highest BCUT2D eigenvalue weighted by Gasteiger charge is 2.72. The number of hydrogen-bond donors (Lipinski definition) is 0. The summed E-state index contributed by atoms with van der Waals surface area (Å²) in [4.78, 5) is 0. The van der Waals surface area contributed by atoms with E-state index in [0.29, 0.717) is 20.7 Å². The van der Waals surface area contributed by atoms with Gasteiger partial charge in [-0.2, -0.15) is 0 Å². The topological polar surface area (TPSA) is 111 Å². The fourth-order valence-electron chi connectivity index (χ4n) is 9.58. The van der Waals surface area contributed by atoms with Crippen molar-refractivity contribution in [2.24, 2.45) is 0 Å².